The highest BCUT2D eigenvalue weighted by Crippen LogP contribution is 2.64. The Labute approximate surface area is 804 Å². The van der Waals surface area contributed by atoms with Gasteiger partial charge in [0, 0.05) is 5.41 Å². The highest BCUT2D eigenvalue weighted by atomic mass is 14.5. The predicted octanol–water partition coefficient (Wildman–Crippen LogP) is 38.4. The van der Waals surface area contributed by atoms with Crippen LogP contribution in [0.4, 0.5) is 0 Å². The van der Waals surface area contributed by atoms with E-state index in [-0.39, 0.29) is 21.7 Å². The Bertz CT molecular complexity index is 5560. The maximum atomic E-state index is 2.56. The quantitative estimate of drug-likeness (QED) is 0.0429. The van der Waals surface area contributed by atoms with Gasteiger partial charge in [-0.2, -0.15) is 0 Å². The van der Waals surface area contributed by atoms with Crippen LogP contribution in [0.25, 0.3) is 55.6 Å². The van der Waals surface area contributed by atoms with Gasteiger partial charge < -0.3 is 0 Å². The van der Waals surface area contributed by atoms with Crippen molar-refractivity contribution in [3.8, 4) is 55.6 Å². The Hall–Kier alpha value is -10.1. The molecule has 13 aromatic rings. The molecule has 0 aromatic heterocycles. The van der Waals surface area contributed by atoms with Gasteiger partial charge in [0.2, 0.25) is 0 Å². The van der Waals surface area contributed by atoms with Crippen LogP contribution in [-0.4, -0.2) is 0 Å². The fraction of sp³-hybridized carbons (Fsp3) is 0.409. The van der Waals surface area contributed by atoms with Crippen LogP contribution in [0.2, 0.25) is 0 Å². The first-order chi connectivity index (χ1) is 63.3. The number of hydrogen-bond donors (Lipinski definition) is 0. The summed E-state index contributed by atoms with van der Waals surface area (Å²) in [7, 11) is 0. The molecule has 0 radical (unpaired) electrons. The van der Waals surface area contributed by atoms with Gasteiger partial charge in [-0.1, -0.05) is 449 Å². The Kier molecular flexibility index (Phi) is 37.0. The second-order valence-corrected chi connectivity index (χ2v) is 42.1. The van der Waals surface area contributed by atoms with Crippen LogP contribution in [-0.2, 0) is 53.8 Å². The molecule has 16 rings (SSSR count). The van der Waals surface area contributed by atoms with Crippen molar-refractivity contribution < 1.29 is 0 Å². The summed E-state index contributed by atoms with van der Waals surface area (Å²) in [6.07, 6.45) is 33.1. The van der Waals surface area contributed by atoms with Crippen molar-refractivity contribution >= 4 is 0 Å². The third kappa shape index (κ3) is 25.5. The number of hydrogen-bond acceptors (Lipinski definition) is 0. The minimum atomic E-state index is -0.282. The molecule has 0 aliphatic heterocycles. The van der Waals surface area contributed by atoms with Crippen LogP contribution in [0.5, 0.6) is 0 Å². The summed E-state index contributed by atoms with van der Waals surface area (Å²) in [5.41, 5.74) is 52.1. The number of rotatable bonds is 28. The van der Waals surface area contributed by atoms with Gasteiger partial charge in [0.25, 0.3) is 0 Å². The zero-order chi connectivity index (χ0) is 95.0. The van der Waals surface area contributed by atoms with Gasteiger partial charge in [0.05, 0.1) is 5.41 Å². The minimum Gasteiger partial charge on any atom is -0.0654 e. The molecule has 0 saturated carbocycles. The highest BCUT2D eigenvalue weighted by molar-refractivity contribution is 5.96. The molecule has 0 heteroatoms. The van der Waals surface area contributed by atoms with Crippen molar-refractivity contribution in [3.63, 3.8) is 0 Å². The molecule has 1 spiro atoms. The van der Waals surface area contributed by atoms with Crippen LogP contribution in [0.15, 0.2) is 249 Å². The standard InChI is InChI=1S/C36H48.C35H36.C20H18.C20H34.C13H20.C8H10/c1-8-10-12-14-16-29-22-30(17-15-13-11-9-2)24-31(23-29)36(7)34-20-27(5)25(3)18-32(34)33-19-26(4)28(6)21-35(33)36;1-21-9-13-25-26-14-10-22(2)18-30(26)35(29(25)17-21)31-19-23(33(3,4)5)11-15-27(31)28-16-12-24(20-32(28)35)34(6,7)8;1-15-13-20(18-11-7-4-8-12-18)16(2)14-19(15)17-9-5-3-6-10-17;1-5-7-9-11-13-19-15-18(4)20(16-17(19)3)14-12-10-8-6-2;1-3-4-5-6-7-13-10-8-12(2)9-11-13;1-7-3-5-8(2)6-4-7/h18-24H,8-17H2,1-7H3;9-20H,1-8H3;3-14H,1-2H3;15-16H,5-14H2,1-4H3;8-11H,3-7H2,1-2H3;3-6H,1-2H3. The molecule has 0 bridgehead atoms. The lowest BCUT2D eigenvalue weighted by Gasteiger charge is -2.33. The van der Waals surface area contributed by atoms with E-state index in [0.29, 0.717) is 0 Å². The molecule has 0 heterocycles. The molecule has 3 aliphatic rings. The fourth-order valence-electron chi connectivity index (χ4n) is 20.4. The van der Waals surface area contributed by atoms with Crippen LogP contribution in [0.3, 0.4) is 0 Å². The van der Waals surface area contributed by atoms with E-state index in [2.05, 4.69) is 422 Å². The zero-order valence-corrected chi connectivity index (χ0v) is 86.8. The molecule has 694 valence electrons. The molecule has 3 aliphatic carbocycles. The van der Waals surface area contributed by atoms with Crippen molar-refractivity contribution in [2.75, 3.05) is 0 Å². The van der Waals surface area contributed by atoms with Gasteiger partial charge in [0.1, 0.15) is 0 Å². The molecule has 0 N–H and O–H groups in total. The summed E-state index contributed by atoms with van der Waals surface area (Å²) < 4.78 is 0. The van der Waals surface area contributed by atoms with Crippen LogP contribution in [0.1, 0.15) is 362 Å². The minimum absolute atomic E-state index is 0.0883. The molecule has 0 nitrogen and oxygen atoms in total. The van der Waals surface area contributed by atoms with Crippen molar-refractivity contribution in [2.24, 2.45) is 0 Å². The first-order valence-electron chi connectivity index (χ1n) is 51.6. The van der Waals surface area contributed by atoms with E-state index in [1.807, 2.05) is 0 Å². The van der Waals surface area contributed by atoms with Crippen LogP contribution < -0.4 is 0 Å². The Morgan fingerprint density at radius 2 is 0.508 bits per heavy atom. The Morgan fingerprint density at radius 1 is 0.212 bits per heavy atom. The van der Waals surface area contributed by atoms with E-state index in [1.165, 1.54) is 355 Å². The number of aryl methyl sites for hydroxylation is 18. The monoisotopic (exact) mass is 1750 g/mol. The molecule has 0 unspecified atom stereocenters. The van der Waals surface area contributed by atoms with E-state index in [1.54, 1.807) is 11.1 Å². The van der Waals surface area contributed by atoms with Gasteiger partial charge in [-0.25, -0.2) is 0 Å². The van der Waals surface area contributed by atoms with Gasteiger partial charge in [-0.3, -0.25) is 0 Å². The normalized spacial score (nSPS) is 12.6. The molecule has 0 amide bonds. The van der Waals surface area contributed by atoms with Crippen LogP contribution >= 0.6 is 0 Å². The van der Waals surface area contributed by atoms with E-state index in [4.69, 9.17) is 0 Å². The first-order valence-corrected chi connectivity index (χ1v) is 51.6. The average molecular weight is 1750 g/mol. The largest absolute Gasteiger partial charge is 0.0725 e. The molecule has 0 saturated heterocycles. The summed E-state index contributed by atoms with van der Waals surface area (Å²) in [6.45, 7) is 56.7. The second kappa shape index (κ2) is 47.7. The lowest BCUT2D eigenvalue weighted by Crippen LogP contribution is -2.27. The third-order valence-electron chi connectivity index (χ3n) is 29.0. The lowest BCUT2D eigenvalue weighted by atomic mass is 9.68. The molecule has 0 fully saturated rings. The summed E-state index contributed by atoms with van der Waals surface area (Å²) >= 11 is 0. The van der Waals surface area contributed by atoms with Crippen molar-refractivity contribution in [1.82, 2.24) is 0 Å². The first kappa shape index (κ1) is 102. The van der Waals surface area contributed by atoms with Crippen molar-refractivity contribution in [1.29, 1.82) is 0 Å². The van der Waals surface area contributed by atoms with Gasteiger partial charge >= 0.3 is 0 Å². The van der Waals surface area contributed by atoms with E-state index in [0.717, 1.165) is 0 Å². The smallest absolute Gasteiger partial charge is 0.0654 e. The van der Waals surface area contributed by atoms with E-state index < -0.39 is 0 Å². The summed E-state index contributed by atoms with van der Waals surface area (Å²) in [5, 5.41) is 0. The van der Waals surface area contributed by atoms with Gasteiger partial charge in [0.15, 0.2) is 0 Å². The molecular formula is C132H166. The number of fused-ring (bicyclic) bond motifs is 13. The topological polar surface area (TPSA) is 0 Å². The molecular weight excluding hydrogens is 1590 g/mol. The van der Waals surface area contributed by atoms with Crippen LogP contribution in [0, 0.1) is 90.0 Å². The van der Waals surface area contributed by atoms with Crippen molar-refractivity contribution in [2.45, 2.75) is 355 Å². The summed E-state index contributed by atoms with van der Waals surface area (Å²) in [4.78, 5) is 0. The molecule has 132 heavy (non-hydrogen) atoms. The van der Waals surface area contributed by atoms with E-state index >= 15 is 0 Å². The molecule has 0 atom stereocenters. The summed E-state index contributed by atoms with van der Waals surface area (Å²) in [6, 6.07) is 94.3. The summed E-state index contributed by atoms with van der Waals surface area (Å²) in [5.74, 6) is 0. The predicted molar refractivity (Wildman–Crippen MR) is 581 cm³/mol. The third-order valence-corrected chi connectivity index (χ3v) is 29.0. The number of unbranched alkanes of at least 4 members (excludes halogenated alkanes) is 15. The second-order valence-electron chi connectivity index (χ2n) is 42.1. The Morgan fingerprint density at radius 3 is 0.848 bits per heavy atom. The number of benzene rings is 13. The van der Waals surface area contributed by atoms with Crippen molar-refractivity contribution in [3.05, 3.63) is 399 Å². The SMILES string of the molecule is CCCCCCc1cc(C)c(CCCCCC)cc1C.CCCCCCc1cc(CCCCCC)cc(C2(C)c3cc(C)c(C)cc3-c3cc(C)c(C)cc32)c1.CCCCCCc1ccc(C)cc1.Cc1cc(-c2ccccc2)c(C)cc1-c1ccccc1.Cc1ccc(C)cc1.Cc1ccc2c(c1)C1(c3cc(C)ccc3-2)c2cc(C(C)(C)C)ccc2-c2ccc(C(C)(C)C)cc21. The highest BCUT2D eigenvalue weighted by Gasteiger charge is 2.53. The van der Waals surface area contributed by atoms with Gasteiger partial charge in [-0.15, -0.1) is 0 Å². The maximum absolute atomic E-state index is 2.56. The Balaban J connectivity index is 0.000000162. The maximum Gasteiger partial charge on any atom is 0.0725 e. The zero-order valence-electron chi connectivity index (χ0n) is 86.8. The lowest BCUT2D eigenvalue weighted by molar-refractivity contribution is 0.586. The fourth-order valence-corrected chi connectivity index (χ4v) is 20.4. The molecule has 13 aromatic carbocycles. The van der Waals surface area contributed by atoms with Gasteiger partial charge in [-0.05, 0) is 350 Å². The average Bonchev–Trinajstić information content (AvgIpc) is 1.50. The van der Waals surface area contributed by atoms with E-state index in [9.17, 15) is 0 Å².